The summed E-state index contributed by atoms with van der Waals surface area (Å²) in [5, 5.41) is 4.34. The molecule has 0 amide bonds. The number of esters is 1. The zero-order valence-corrected chi connectivity index (χ0v) is 18.0. The van der Waals surface area contributed by atoms with Crippen molar-refractivity contribution < 1.29 is 19.0 Å². The summed E-state index contributed by atoms with van der Waals surface area (Å²) in [6.45, 7) is 6.35. The van der Waals surface area contributed by atoms with Crippen LogP contribution in [0.5, 0.6) is 0 Å². The average Bonchev–Trinajstić information content (AvgIpc) is 3.21. The Kier molecular flexibility index (Phi) is 6.85. The van der Waals surface area contributed by atoms with Crippen LogP contribution in [-0.4, -0.2) is 46.3 Å². The van der Waals surface area contributed by atoms with E-state index in [1.165, 1.54) is 13.3 Å². The fourth-order valence-electron chi connectivity index (χ4n) is 3.51. The molecule has 8 heteroatoms. The quantitative estimate of drug-likeness (QED) is 0.599. The van der Waals surface area contributed by atoms with E-state index >= 15 is 0 Å². The second-order valence-corrected chi connectivity index (χ2v) is 8.33. The van der Waals surface area contributed by atoms with E-state index in [0.29, 0.717) is 19.6 Å². The highest BCUT2D eigenvalue weighted by atomic mass is 79.9. The summed E-state index contributed by atoms with van der Waals surface area (Å²) in [6, 6.07) is 7.83. The second kappa shape index (κ2) is 9.15. The minimum Gasteiger partial charge on any atom is -0.459 e. The molecule has 2 aromatic rings. The van der Waals surface area contributed by atoms with Gasteiger partial charge in [-0.25, -0.2) is 9.67 Å². The van der Waals surface area contributed by atoms with Gasteiger partial charge in [0.25, 0.3) is 0 Å². The lowest BCUT2D eigenvalue weighted by Crippen LogP contribution is -2.52. The number of carbonyl (C=O) groups is 1. The fourth-order valence-corrected chi connectivity index (χ4v) is 3.77. The molecule has 1 saturated heterocycles. The monoisotopic (exact) mass is 451 g/mol. The molecule has 152 valence electrons. The highest BCUT2D eigenvalue weighted by Crippen LogP contribution is 2.38. The number of aromatic nitrogens is 3. The van der Waals surface area contributed by atoms with E-state index in [4.69, 9.17) is 14.2 Å². The van der Waals surface area contributed by atoms with Crippen molar-refractivity contribution in [1.82, 2.24) is 14.8 Å². The summed E-state index contributed by atoms with van der Waals surface area (Å²) in [4.78, 5) is 16.1. The predicted octanol–water partition coefficient (Wildman–Crippen LogP) is 3.55. The Morgan fingerprint density at radius 2 is 2.04 bits per heavy atom. The largest absolute Gasteiger partial charge is 0.459 e. The zero-order chi connectivity index (χ0) is 20.1. The van der Waals surface area contributed by atoms with Gasteiger partial charge in [-0.05, 0) is 30.5 Å². The van der Waals surface area contributed by atoms with E-state index in [-0.39, 0.29) is 18.3 Å². The molecule has 2 heterocycles. The van der Waals surface area contributed by atoms with E-state index in [1.54, 1.807) is 11.0 Å². The lowest BCUT2D eigenvalue weighted by atomic mass is 9.79. The number of halogens is 1. The summed E-state index contributed by atoms with van der Waals surface area (Å²) in [5.74, 6) is -0.343. The van der Waals surface area contributed by atoms with E-state index in [1.807, 2.05) is 38.1 Å². The van der Waals surface area contributed by atoms with Gasteiger partial charge in [-0.3, -0.25) is 4.79 Å². The number of hydrogen-bond donors (Lipinski definition) is 0. The third-order valence-corrected chi connectivity index (χ3v) is 5.52. The minimum absolute atomic E-state index is 0.220. The lowest BCUT2D eigenvalue weighted by Gasteiger charge is -2.44. The number of carbonyl (C=O) groups excluding carboxylic acids is 1. The van der Waals surface area contributed by atoms with Crippen molar-refractivity contribution in [3.63, 3.8) is 0 Å². The number of benzene rings is 1. The first kappa shape index (κ1) is 21.0. The smallest absolute Gasteiger partial charge is 0.303 e. The molecule has 0 aliphatic carbocycles. The first-order chi connectivity index (χ1) is 13.4. The SMILES string of the molecule is CCC1OCC(C)(C(OC(C)=O)C(Cc2ccc(Br)cc2)n2cncn2)CO1. The van der Waals surface area contributed by atoms with Crippen molar-refractivity contribution >= 4 is 21.9 Å². The molecule has 0 N–H and O–H groups in total. The molecule has 1 aromatic carbocycles. The highest BCUT2D eigenvalue weighted by molar-refractivity contribution is 9.10. The van der Waals surface area contributed by atoms with Crippen LogP contribution in [0.4, 0.5) is 0 Å². The van der Waals surface area contributed by atoms with Gasteiger partial charge in [0, 0.05) is 11.4 Å². The van der Waals surface area contributed by atoms with Crippen molar-refractivity contribution in [3.8, 4) is 0 Å². The first-order valence-electron chi connectivity index (χ1n) is 9.40. The maximum Gasteiger partial charge on any atom is 0.303 e. The number of rotatable bonds is 7. The van der Waals surface area contributed by atoms with Crippen LogP contribution in [0.25, 0.3) is 0 Å². The molecule has 1 fully saturated rings. The minimum atomic E-state index is -0.511. The van der Waals surface area contributed by atoms with Crippen molar-refractivity contribution in [3.05, 3.63) is 47.0 Å². The third kappa shape index (κ3) is 4.98. The molecule has 0 radical (unpaired) electrons. The topological polar surface area (TPSA) is 75.5 Å². The molecule has 7 nitrogen and oxygen atoms in total. The van der Waals surface area contributed by atoms with Gasteiger partial charge < -0.3 is 14.2 Å². The Labute approximate surface area is 173 Å². The van der Waals surface area contributed by atoms with Crippen LogP contribution >= 0.6 is 15.9 Å². The summed E-state index contributed by atoms with van der Waals surface area (Å²) in [5.41, 5.74) is 0.595. The Morgan fingerprint density at radius 1 is 1.36 bits per heavy atom. The molecule has 1 aromatic heterocycles. The third-order valence-electron chi connectivity index (χ3n) is 5.00. The maximum absolute atomic E-state index is 12.0. The summed E-state index contributed by atoms with van der Waals surface area (Å²) in [7, 11) is 0. The van der Waals surface area contributed by atoms with Crippen LogP contribution in [0.2, 0.25) is 0 Å². The van der Waals surface area contributed by atoms with Crippen molar-refractivity contribution in [1.29, 1.82) is 0 Å². The first-order valence-corrected chi connectivity index (χ1v) is 10.2. The molecule has 2 atom stereocenters. The van der Waals surface area contributed by atoms with Crippen molar-refractivity contribution in [2.24, 2.45) is 5.41 Å². The van der Waals surface area contributed by atoms with Crippen LogP contribution in [0, 0.1) is 5.41 Å². The zero-order valence-electron chi connectivity index (χ0n) is 16.4. The van der Waals surface area contributed by atoms with Crippen molar-refractivity contribution in [2.45, 2.75) is 52.0 Å². The van der Waals surface area contributed by atoms with E-state index in [9.17, 15) is 4.79 Å². The van der Waals surface area contributed by atoms with Gasteiger partial charge in [0.1, 0.15) is 18.8 Å². The molecule has 1 aliphatic rings. The molecule has 0 bridgehead atoms. The summed E-state index contributed by atoms with van der Waals surface area (Å²) >= 11 is 3.47. The Morgan fingerprint density at radius 3 is 2.57 bits per heavy atom. The highest BCUT2D eigenvalue weighted by Gasteiger charge is 2.46. The van der Waals surface area contributed by atoms with Crippen LogP contribution in [0.3, 0.4) is 0 Å². The predicted molar refractivity (Wildman–Crippen MR) is 107 cm³/mol. The van der Waals surface area contributed by atoms with Gasteiger partial charge in [0.05, 0.1) is 24.7 Å². The summed E-state index contributed by atoms with van der Waals surface area (Å²) in [6.07, 6.45) is 3.84. The van der Waals surface area contributed by atoms with E-state index in [2.05, 4.69) is 26.0 Å². The molecule has 0 saturated carbocycles. The molecule has 28 heavy (non-hydrogen) atoms. The van der Waals surface area contributed by atoms with E-state index < -0.39 is 11.5 Å². The Hall–Kier alpha value is -1.77. The molecular weight excluding hydrogens is 426 g/mol. The Balaban J connectivity index is 1.92. The molecule has 1 aliphatic heterocycles. The lowest BCUT2D eigenvalue weighted by molar-refractivity contribution is -0.252. The summed E-state index contributed by atoms with van der Waals surface area (Å²) < 4.78 is 20.4. The van der Waals surface area contributed by atoms with Crippen LogP contribution < -0.4 is 0 Å². The standard InChI is InChI=1S/C20H26BrN3O4/c1-4-18-26-10-20(3,11-27-18)19(28-14(2)25)17(24-13-22-12-23-24)9-15-5-7-16(21)8-6-15/h5-8,12-13,17-19H,4,9-11H2,1-3H3. The second-order valence-electron chi connectivity index (χ2n) is 7.42. The molecule has 0 spiro atoms. The van der Waals surface area contributed by atoms with Gasteiger partial charge >= 0.3 is 5.97 Å². The molecular formula is C20H26BrN3O4. The number of ether oxygens (including phenoxy) is 3. The van der Waals surface area contributed by atoms with Crippen LogP contribution in [-0.2, 0) is 25.4 Å². The Bertz CT molecular complexity index is 758. The number of hydrogen-bond acceptors (Lipinski definition) is 6. The van der Waals surface area contributed by atoms with Crippen molar-refractivity contribution in [2.75, 3.05) is 13.2 Å². The van der Waals surface area contributed by atoms with Gasteiger partial charge in [-0.15, -0.1) is 0 Å². The normalized spacial score (nSPS) is 24.5. The van der Waals surface area contributed by atoms with E-state index in [0.717, 1.165) is 16.5 Å². The van der Waals surface area contributed by atoms with Crippen LogP contribution in [0.1, 0.15) is 38.8 Å². The molecule has 3 rings (SSSR count). The van der Waals surface area contributed by atoms with Gasteiger partial charge in [0.2, 0.25) is 0 Å². The maximum atomic E-state index is 12.0. The molecule has 2 unspecified atom stereocenters. The van der Waals surface area contributed by atoms with Gasteiger partial charge in [-0.1, -0.05) is 41.9 Å². The van der Waals surface area contributed by atoms with Gasteiger partial charge in [0.15, 0.2) is 6.29 Å². The van der Waals surface area contributed by atoms with Crippen LogP contribution in [0.15, 0.2) is 41.4 Å². The average molecular weight is 452 g/mol. The van der Waals surface area contributed by atoms with Gasteiger partial charge in [-0.2, -0.15) is 5.10 Å². The fraction of sp³-hybridized carbons (Fsp3) is 0.550. The number of nitrogens with zero attached hydrogens (tertiary/aromatic N) is 3.